The van der Waals surface area contributed by atoms with E-state index in [4.69, 9.17) is 5.73 Å². The average Bonchev–Trinajstić information content (AvgIpc) is 3.25. The van der Waals surface area contributed by atoms with Crippen molar-refractivity contribution < 1.29 is 34.5 Å². The van der Waals surface area contributed by atoms with Gasteiger partial charge in [0.25, 0.3) is 0 Å². The van der Waals surface area contributed by atoms with Crippen molar-refractivity contribution >= 4 is 35.5 Å². The van der Waals surface area contributed by atoms with Gasteiger partial charge >= 0.3 is 5.97 Å². The number of amides is 3. The standard InChI is InChI=1S/C19H32N6O7S/c1-9(26)14(24-16(28)12(20)4-5-33-3)18(30)23-13(6-11-7-21-8-22-11)17(29)25-15(10(2)27)19(31)32/h7-10,12-15,26-27H,4-6,20H2,1-3H3,(H,21,22)(H,23,30)(H,24,28)(H,25,29)(H,31,32). The first-order valence-electron chi connectivity index (χ1n) is 10.2. The first-order valence-corrected chi connectivity index (χ1v) is 11.6. The number of hydrogen-bond donors (Lipinski definition) is 8. The number of nitrogens with one attached hydrogen (secondary N) is 4. The lowest BCUT2D eigenvalue weighted by Crippen LogP contribution is -2.60. The molecule has 6 atom stereocenters. The molecule has 0 fully saturated rings. The van der Waals surface area contributed by atoms with Crippen LogP contribution in [0.2, 0.25) is 0 Å². The summed E-state index contributed by atoms with van der Waals surface area (Å²) in [4.78, 5) is 55.8. The number of aromatic nitrogens is 2. The highest BCUT2D eigenvalue weighted by atomic mass is 32.2. The number of aliphatic carboxylic acids is 1. The molecule has 9 N–H and O–H groups in total. The monoisotopic (exact) mass is 488 g/mol. The molecule has 0 aromatic carbocycles. The van der Waals surface area contributed by atoms with Crippen molar-refractivity contribution in [2.45, 2.75) is 63.1 Å². The van der Waals surface area contributed by atoms with Gasteiger partial charge in [0.2, 0.25) is 17.7 Å². The number of nitrogens with zero attached hydrogens (tertiary/aromatic N) is 1. The number of aliphatic hydroxyl groups is 2. The molecule has 0 bridgehead atoms. The van der Waals surface area contributed by atoms with Crippen molar-refractivity contribution in [3.8, 4) is 0 Å². The molecule has 1 heterocycles. The van der Waals surface area contributed by atoms with Crippen molar-refractivity contribution in [2.24, 2.45) is 5.73 Å². The van der Waals surface area contributed by atoms with Crippen LogP contribution in [-0.2, 0) is 25.6 Å². The predicted octanol–water partition coefficient (Wildman–Crippen LogP) is -2.67. The van der Waals surface area contributed by atoms with Gasteiger partial charge in [-0.1, -0.05) is 0 Å². The minimum Gasteiger partial charge on any atom is -0.480 e. The quantitative estimate of drug-likeness (QED) is 0.136. The lowest BCUT2D eigenvalue weighted by Gasteiger charge is -2.26. The third kappa shape index (κ3) is 9.37. The lowest BCUT2D eigenvalue weighted by atomic mass is 10.1. The van der Waals surface area contributed by atoms with Crippen LogP contribution in [0.4, 0.5) is 0 Å². The molecule has 1 aromatic rings. The zero-order chi connectivity index (χ0) is 25.1. The van der Waals surface area contributed by atoms with Crippen LogP contribution in [0, 0.1) is 0 Å². The molecule has 1 aromatic heterocycles. The fourth-order valence-electron chi connectivity index (χ4n) is 2.77. The molecular weight excluding hydrogens is 456 g/mol. The van der Waals surface area contributed by atoms with E-state index < -0.39 is 60.1 Å². The van der Waals surface area contributed by atoms with E-state index in [9.17, 15) is 34.5 Å². The summed E-state index contributed by atoms with van der Waals surface area (Å²) in [7, 11) is 0. The van der Waals surface area contributed by atoms with Crippen molar-refractivity contribution in [3.05, 3.63) is 18.2 Å². The van der Waals surface area contributed by atoms with Gasteiger partial charge in [0.15, 0.2) is 6.04 Å². The van der Waals surface area contributed by atoms with Crippen LogP contribution in [0.15, 0.2) is 12.5 Å². The number of H-pyrrole nitrogens is 1. The number of aliphatic hydroxyl groups excluding tert-OH is 2. The summed E-state index contributed by atoms with van der Waals surface area (Å²) in [5.41, 5.74) is 6.26. The van der Waals surface area contributed by atoms with E-state index in [0.29, 0.717) is 17.9 Å². The lowest BCUT2D eigenvalue weighted by molar-refractivity contribution is -0.145. The highest BCUT2D eigenvalue weighted by molar-refractivity contribution is 7.98. The second-order valence-electron chi connectivity index (χ2n) is 7.52. The number of imidazole rings is 1. The molecule has 0 spiro atoms. The third-order valence-corrected chi connectivity index (χ3v) is 5.33. The number of aromatic amines is 1. The number of thioether (sulfide) groups is 1. The van der Waals surface area contributed by atoms with Gasteiger partial charge in [-0.3, -0.25) is 14.4 Å². The number of carbonyl (C=O) groups excluding carboxylic acids is 3. The van der Waals surface area contributed by atoms with Gasteiger partial charge in [-0.2, -0.15) is 11.8 Å². The molecule has 0 saturated heterocycles. The molecule has 0 aliphatic carbocycles. The van der Waals surface area contributed by atoms with Crippen LogP contribution < -0.4 is 21.7 Å². The molecule has 0 radical (unpaired) electrons. The largest absolute Gasteiger partial charge is 0.480 e. The molecule has 14 heteroatoms. The van der Waals surface area contributed by atoms with Crippen molar-refractivity contribution in [3.63, 3.8) is 0 Å². The van der Waals surface area contributed by atoms with Gasteiger partial charge in [0, 0.05) is 18.3 Å². The summed E-state index contributed by atoms with van der Waals surface area (Å²) in [6.07, 6.45) is 2.17. The summed E-state index contributed by atoms with van der Waals surface area (Å²) in [5.74, 6) is -3.24. The van der Waals surface area contributed by atoms with E-state index >= 15 is 0 Å². The Morgan fingerprint density at radius 3 is 2.15 bits per heavy atom. The topological polar surface area (TPSA) is 220 Å². The highest BCUT2D eigenvalue weighted by Gasteiger charge is 2.33. The Labute approximate surface area is 195 Å². The second-order valence-corrected chi connectivity index (χ2v) is 8.51. The fourth-order valence-corrected chi connectivity index (χ4v) is 3.26. The zero-order valence-electron chi connectivity index (χ0n) is 18.6. The normalized spacial score (nSPS) is 16.5. The third-order valence-electron chi connectivity index (χ3n) is 4.69. The molecule has 0 saturated carbocycles. The van der Waals surface area contributed by atoms with Crippen LogP contribution in [0.5, 0.6) is 0 Å². The van der Waals surface area contributed by atoms with E-state index in [0.717, 1.165) is 0 Å². The van der Waals surface area contributed by atoms with E-state index in [1.54, 1.807) is 0 Å². The van der Waals surface area contributed by atoms with Crippen LogP contribution in [-0.4, -0.2) is 97.4 Å². The van der Waals surface area contributed by atoms with Gasteiger partial charge < -0.3 is 42.0 Å². The smallest absolute Gasteiger partial charge is 0.328 e. The van der Waals surface area contributed by atoms with Crippen molar-refractivity contribution in [2.75, 3.05) is 12.0 Å². The molecular formula is C19H32N6O7S. The summed E-state index contributed by atoms with van der Waals surface area (Å²) in [6, 6.07) is -5.22. The molecule has 186 valence electrons. The second kappa shape index (κ2) is 13.8. The van der Waals surface area contributed by atoms with Crippen LogP contribution in [0.25, 0.3) is 0 Å². The molecule has 0 aliphatic heterocycles. The van der Waals surface area contributed by atoms with Gasteiger partial charge in [0.1, 0.15) is 12.1 Å². The Bertz CT molecular complexity index is 790. The summed E-state index contributed by atoms with van der Waals surface area (Å²) in [5, 5.41) is 35.9. The summed E-state index contributed by atoms with van der Waals surface area (Å²) >= 11 is 1.50. The fraction of sp³-hybridized carbons (Fsp3) is 0.632. The van der Waals surface area contributed by atoms with E-state index in [1.165, 1.54) is 38.1 Å². The number of carboxylic acids is 1. The van der Waals surface area contributed by atoms with E-state index in [1.807, 2.05) is 6.26 Å². The minimum absolute atomic E-state index is 0.0998. The summed E-state index contributed by atoms with van der Waals surface area (Å²) in [6.45, 7) is 2.48. The molecule has 6 unspecified atom stereocenters. The number of hydrogen-bond acceptors (Lipinski definition) is 9. The minimum atomic E-state index is -1.61. The predicted molar refractivity (Wildman–Crippen MR) is 120 cm³/mol. The Morgan fingerprint density at radius 2 is 1.67 bits per heavy atom. The maximum absolute atomic E-state index is 12.9. The van der Waals surface area contributed by atoms with Crippen molar-refractivity contribution in [1.29, 1.82) is 0 Å². The zero-order valence-corrected chi connectivity index (χ0v) is 19.5. The van der Waals surface area contributed by atoms with E-state index in [-0.39, 0.29) is 6.42 Å². The van der Waals surface area contributed by atoms with Crippen LogP contribution >= 0.6 is 11.8 Å². The molecule has 1 rings (SSSR count). The average molecular weight is 489 g/mol. The van der Waals surface area contributed by atoms with E-state index in [2.05, 4.69) is 25.9 Å². The van der Waals surface area contributed by atoms with Crippen LogP contribution in [0.3, 0.4) is 0 Å². The Balaban J connectivity index is 3.00. The number of nitrogens with two attached hydrogens (primary N) is 1. The molecule has 33 heavy (non-hydrogen) atoms. The molecule has 3 amide bonds. The Kier molecular flexibility index (Phi) is 11.8. The van der Waals surface area contributed by atoms with Gasteiger partial charge in [0.05, 0.1) is 24.6 Å². The maximum atomic E-state index is 12.9. The van der Waals surface area contributed by atoms with Gasteiger partial charge in [-0.25, -0.2) is 9.78 Å². The Hall–Kier alpha value is -2.68. The van der Waals surface area contributed by atoms with Gasteiger partial charge in [-0.05, 0) is 32.3 Å². The SMILES string of the molecule is CSCCC(N)C(=O)NC(C(=O)NC(Cc1cnc[nH]1)C(=O)NC(C(=O)O)C(C)O)C(C)O. The first-order chi connectivity index (χ1) is 15.5. The molecule has 0 aliphatic rings. The number of carboxylic acid groups (broad SMARTS) is 1. The number of rotatable bonds is 14. The maximum Gasteiger partial charge on any atom is 0.328 e. The van der Waals surface area contributed by atoms with Gasteiger partial charge in [-0.15, -0.1) is 0 Å². The van der Waals surface area contributed by atoms with Crippen LogP contribution in [0.1, 0.15) is 26.0 Å². The highest BCUT2D eigenvalue weighted by Crippen LogP contribution is 2.05. The number of carbonyl (C=O) groups is 4. The first kappa shape index (κ1) is 28.4. The Morgan fingerprint density at radius 1 is 1.06 bits per heavy atom. The summed E-state index contributed by atoms with van der Waals surface area (Å²) < 4.78 is 0. The van der Waals surface area contributed by atoms with Crippen molar-refractivity contribution in [1.82, 2.24) is 25.9 Å². The molecule has 13 nitrogen and oxygen atoms in total.